The zero-order chi connectivity index (χ0) is 18.7. The molecule has 1 unspecified atom stereocenters. The van der Waals surface area contributed by atoms with Crippen LogP contribution < -0.4 is 0 Å². The van der Waals surface area contributed by atoms with Crippen molar-refractivity contribution in [1.82, 2.24) is 14.8 Å². The topological polar surface area (TPSA) is 90.6 Å². The third kappa shape index (κ3) is 2.21. The highest BCUT2D eigenvalue weighted by molar-refractivity contribution is 7.93. The number of sulfone groups is 1. The quantitative estimate of drug-likeness (QED) is 0.844. The monoisotopic (exact) mass is 375 g/mol. The minimum absolute atomic E-state index is 0.00662. The molecule has 2 amide bonds. The van der Waals surface area contributed by atoms with Crippen molar-refractivity contribution in [2.75, 3.05) is 32.9 Å². The number of nitrogens with zero attached hydrogens (tertiary/aromatic N) is 2. The lowest BCUT2D eigenvalue weighted by atomic mass is 9.82. The molecular formula is C18H21N3O4S. The van der Waals surface area contributed by atoms with Gasteiger partial charge in [0.15, 0.2) is 9.84 Å². The molecule has 1 aromatic heterocycles. The van der Waals surface area contributed by atoms with E-state index in [9.17, 15) is 18.0 Å². The van der Waals surface area contributed by atoms with Crippen LogP contribution in [0, 0.1) is 5.92 Å². The van der Waals surface area contributed by atoms with Gasteiger partial charge >= 0.3 is 0 Å². The zero-order valence-corrected chi connectivity index (χ0v) is 15.5. The number of aromatic nitrogens is 1. The van der Waals surface area contributed by atoms with Crippen molar-refractivity contribution >= 4 is 32.6 Å². The number of amides is 2. The Hall–Kier alpha value is -2.35. The van der Waals surface area contributed by atoms with Crippen molar-refractivity contribution in [3.05, 3.63) is 36.0 Å². The lowest BCUT2D eigenvalue weighted by molar-refractivity contribution is -0.135. The third-order valence-corrected chi connectivity index (χ3v) is 8.25. The Balaban J connectivity index is 1.63. The SMILES string of the molecule is CN(C)C(=O)C1CCS(=O)(=O)C12CN(C(=O)c1cccc3[nH]ccc13)C2. The molecule has 2 aliphatic heterocycles. The first kappa shape index (κ1) is 17.1. The zero-order valence-electron chi connectivity index (χ0n) is 14.7. The van der Waals surface area contributed by atoms with Gasteiger partial charge in [0.2, 0.25) is 5.91 Å². The number of hydrogen-bond donors (Lipinski definition) is 1. The largest absolute Gasteiger partial charge is 0.361 e. The number of aromatic amines is 1. The highest BCUT2D eigenvalue weighted by atomic mass is 32.2. The smallest absolute Gasteiger partial charge is 0.254 e. The Bertz CT molecular complexity index is 1000. The fourth-order valence-corrected chi connectivity index (χ4v) is 6.53. The molecule has 26 heavy (non-hydrogen) atoms. The summed E-state index contributed by atoms with van der Waals surface area (Å²) in [5.41, 5.74) is 1.41. The summed E-state index contributed by atoms with van der Waals surface area (Å²) in [7, 11) is -0.137. The minimum atomic E-state index is -3.41. The molecule has 0 bridgehead atoms. The first-order valence-electron chi connectivity index (χ1n) is 8.56. The van der Waals surface area contributed by atoms with E-state index in [0.29, 0.717) is 12.0 Å². The van der Waals surface area contributed by atoms with Gasteiger partial charge in [-0.3, -0.25) is 9.59 Å². The number of fused-ring (bicyclic) bond motifs is 1. The summed E-state index contributed by atoms with van der Waals surface area (Å²) < 4.78 is 24.2. The fourth-order valence-electron chi connectivity index (χ4n) is 4.22. The number of benzene rings is 1. The highest BCUT2D eigenvalue weighted by Crippen LogP contribution is 2.46. The number of carbonyl (C=O) groups excluding carboxylic acids is 2. The maximum absolute atomic E-state index is 12.9. The highest BCUT2D eigenvalue weighted by Gasteiger charge is 2.64. The molecule has 0 radical (unpaired) electrons. The van der Waals surface area contributed by atoms with Gasteiger partial charge in [-0.25, -0.2) is 8.42 Å². The van der Waals surface area contributed by atoms with Crippen molar-refractivity contribution in [2.45, 2.75) is 11.2 Å². The Morgan fingerprint density at radius 1 is 1.23 bits per heavy atom. The Labute approximate surface area is 151 Å². The molecule has 1 aromatic carbocycles. The van der Waals surface area contributed by atoms with Gasteiger partial charge in [-0.15, -0.1) is 0 Å². The first-order chi connectivity index (χ1) is 12.3. The minimum Gasteiger partial charge on any atom is -0.361 e. The maximum atomic E-state index is 12.9. The van der Waals surface area contributed by atoms with Crippen LogP contribution in [-0.2, 0) is 14.6 Å². The maximum Gasteiger partial charge on any atom is 0.254 e. The Kier molecular flexibility index (Phi) is 3.66. The summed E-state index contributed by atoms with van der Waals surface area (Å²) in [6, 6.07) is 7.27. The molecule has 8 heteroatoms. The summed E-state index contributed by atoms with van der Waals surface area (Å²) in [5.74, 6) is -0.938. The van der Waals surface area contributed by atoms with Crippen LogP contribution in [0.4, 0.5) is 0 Å². The Morgan fingerprint density at radius 3 is 2.65 bits per heavy atom. The van der Waals surface area contributed by atoms with Crippen molar-refractivity contribution < 1.29 is 18.0 Å². The van der Waals surface area contributed by atoms with Gasteiger partial charge in [-0.1, -0.05) is 6.07 Å². The molecule has 3 heterocycles. The van der Waals surface area contributed by atoms with Gasteiger partial charge < -0.3 is 14.8 Å². The van der Waals surface area contributed by atoms with Gasteiger partial charge in [0.05, 0.1) is 11.7 Å². The summed E-state index contributed by atoms with van der Waals surface area (Å²) >= 11 is 0. The normalized spacial score (nSPS) is 23.2. The second-order valence-corrected chi connectivity index (χ2v) is 9.81. The van der Waals surface area contributed by atoms with Crippen molar-refractivity contribution in [3.8, 4) is 0 Å². The summed E-state index contributed by atoms with van der Waals surface area (Å²) in [4.78, 5) is 31.5. The van der Waals surface area contributed by atoms with Crippen LogP contribution in [0.15, 0.2) is 30.5 Å². The number of carbonyl (C=O) groups is 2. The molecule has 138 valence electrons. The van der Waals surface area contributed by atoms with E-state index in [-0.39, 0.29) is 30.7 Å². The number of hydrogen-bond acceptors (Lipinski definition) is 4. The second-order valence-electron chi connectivity index (χ2n) is 7.36. The van der Waals surface area contributed by atoms with Crippen LogP contribution >= 0.6 is 0 Å². The van der Waals surface area contributed by atoms with Gasteiger partial charge in [-0.2, -0.15) is 0 Å². The molecule has 7 nitrogen and oxygen atoms in total. The van der Waals surface area contributed by atoms with Crippen LogP contribution in [0.2, 0.25) is 0 Å². The summed E-state index contributed by atoms with van der Waals surface area (Å²) in [6.07, 6.45) is 2.10. The van der Waals surface area contributed by atoms with Crippen molar-refractivity contribution in [1.29, 1.82) is 0 Å². The van der Waals surface area contributed by atoms with E-state index < -0.39 is 20.5 Å². The van der Waals surface area contributed by atoms with Gasteiger partial charge in [-0.05, 0) is 24.6 Å². The number of likely N-dealkylation sites (tertiary alicyclic amines) is 1. The molecule has 1 N–H and O–H groups in total. The van der Waals surface area contributed by atoms with Crippen molar-refractivity contribution in [3.63, 3.8) is 0 Å². The van der Waals surface area contributed by atoms with E-state index in [0.717, 1.165) is 10.9 Å². The molecule has 2 aromatic rings. The predicted octanol–water partition coefficient (Wildman–Crippen LogP) is 0.885. The molecule has 0 aliphatic carbocycles. The molecule has 4 rings (SSSR count). The molecule has 0 saturated carbocycles. The average Bonchev–Trinajstić information content (AvgIpc) is 3.13. The number of nitrogens with one attached hydrogen (secondary N) is 1. The lowest BCUT2D eigenvalue weighted by Gasteiger charge is -2.49. The van der Waals surface area contributed by atoms with E-state index in [4.69, 9.17) is 0 Å². The van der Waals surface area contributed by atoms with E-state index in [1.807, 2.05) is 12.1 Å². The van der Waals surface area contributed by atoms with Crippen molar-refractivity contribution in [2.24, 2.45) is 5.92 Å². The average molecular weight is 375 g/mol. The molecule has 1 atom stereocenters. The first-order valence-corrected chi connectivity index (χ1v) is 10.2. The van der Waals surface area contributed by atoms with Gasteiger partial charge in [0.25, 0.3) is 5.91 Å². The lowest BCUT2D eigenvalue weighted by Crippen LogP contribution is -2.69. The van der Waals surface area contributed by atoms with E-state index in [1.54, 1.807) is 37.3 Å². The molecular weight excluding hydrogens is 354 g/mol. The standard InChI is InChI=1S/C18H21N3O4S/c1-20(2)17(23)14-7-9-26(24,25)18(14)10-21(11-18)16(22)13-4-3-5-15-12(13)6-8-19-15/h3-6,8,14,19H,7,9-11H2,1-2H3. The summed E-state index contributed by atoms with van der Waals surface area (Å²) in [5, 5.41) is 0.814. The summed E-state index contributed by atoms with van der Waals surface area (Å²) in [6.45, 7) is 0.165. The van der Waals surface area contributed by atoms with Gasteiger partial charge in [0, 0.05) is 49.8 Å². The fraction of sp³-hybridized carbons (Fsp3) is 0.444. The Morgan fingerprint density at radius 2 is 1.96 bits per heavy atom. The number of rotatable bonds is 2. The third-order valence-electron chi connectivity index (χ3n) is 5.70. The number of H-pyrrole nitrogens is 1. The van der Waals surface area contributed by atoms with Crippen LogP contribution in [0.1, 0.15) is 16.8 Å². The van der Waals surface area contributed by atoms with Crippen LogP contribution in [-0.4, -0.2) is 72.7 Å². The van der Waals surface area contributed by atoms with E-state index in [1.165, 1.54) is 4.90 Å². The predicted molar refractivity (Wildman–Crippen MR) is 97.5 cm³/mol. The molecule has 1 spiro atoms. The van der Waals surface area contributed by atoms with E-state index >= 15 is 0 Å². The second kappa shape index (κ2) is 5.57. The molecule has 2 saturated heterocycles. The molecule has 2 fully saturated rings. The van der Waals surface area contributed by atoms with Crippen LogP contribution in [0.25, 0.3) is 10.9 Å². The van der Waals surface area contributed by atoms with E-state index in [2.05, 4.69) is 4.98 Å². The van der Waals surface area contributed by atoms with Crippen LogP contribution in [0.3, 0.4) is 0 Å². The van der Waals surface area contributed by atoms with Crippen LogP contribution in [0.5, 0.6) is 0 Å². The molecule has 2 aliphatic rings. The van der Waals surface area contributed by atoms with Gasteiger partial charge in [0.1, 0.15) is 4.75 Å².